The molecule has 0 unspecified atom stereocenters. The molecule has 3 aromatic carbocycles. The fraction of sp³-hybridized carbons (Fsp3) is 0.259. The van der Waals surface area contributed by atoms with Crippen molar-refractivity contribution in [1.82, 2.24) is 4.90 Å². The molecule has 0 aliphatic heterocycles. The predicted octanol–water partition coefficient (Wildman–Crippen LogP) is 4.59. The van der Waals surface area contributed by atoms with Crippen LogP contribution >= 0.6 is 0 Å². The summed E-state index contributed by atoms with van der Waals surface area (Å²) in [4.78, 5) is 2.19. The van der Waals surface area contributed by atoms with Crippen molar-refractivity contribution in [2.24, 2.45) is 5.14 Å². The molecule has 3 aromatic rings. The van der Waals surface area contributed by atoms with Crippen LogP contribution in [-0.4, -0.2) is 34.0 Å². The molecule has 0 atom stereocenters. The van der Waals surface area contributed by atoms with E-state index in [0.29, 0.717) is 0 Å². The first-order valence-corrected chi connectivity index (χ1v) is 12.6. The van der Waals surface area contributed by atoms with Crippen LogP contribution in [0, 0.1) is 6.92 Å². The average molecular weight is 463 g/mol. The van der Waals surface area contributed by atoms with Crippen molar-refractivity contribution in [2.45, 2.75) is 26.2 Å². The number of nitrogens with two attached hydrogens (primary N) is 1. The summed E-state index contributed by atoms with van der Waals surface area (Å²) in [7, 11) is 0.107. The van der Waals surface area contributed by atoms with Crippen LogP contribution in [0.4, 0.5) is 0 Å². The van der Waals surface area contributed by atoms with Gasteiger partial charge in [-0.05, 0) is 91.4 Å². The lowest BCUT2D eigenvalue weighted by Gasteiger charge is -2.25. The maximum atomic E-state index is 11.4. The van der Waals surface area contributed by atoms with Gasteiger partial charge in [0.2, 0.25) is 0 Å². The zero-order valence-electron chi connectivity index (χ0n) is 19.3. The lowest BCUT2D eigenvalue weighted by atomic mass is 9.79. The smallest absolute Gasteiger partial charge is 0.371 e. The maximum Gasteiger partial charge on any atom is 0.380 e. The minimum absolute atomic E-state index is 0.244. The fourth-order valence-corrected chi connectivity index (χ4v) is 4.69. The van der Waals surface area contributed by atoms with E-state index in [1.54, 1.807) is 12.1 Å². The summed E-state index contributed by atoms with van der Waals surface area (Å²) in [6, 6.07) is 22.8. The van der Waals surface area contributed by atoms with Gasteiger partial charge in [-0.25, -0.2) is 0 Å². The van der Waals surface area contributed by atoms with Crippen LogP contribution in [0.5, 0.6) is 5.75 Å². The number of allylic oxidation sites excluding steroid dienone is 1. The Bertz CT molecular complexity index is 1280. The topological polar surface area (TPSA) is 72.6 Å². The van der Waals surface area contributed by atoms with Gasteiger partial charge in [-0.2, -0.15) is 13.6 Å². The van der Waals surface area contributed by atoms with Crippen LogP contribution < -0.4 is 9.32 Å². The van der Waals surface area contributed by atoms with Crippen LogP contribution in [0.2, 0.25) is 0 Å². The summed E-state index contributed by atoms with van der Waals surface area (Å²) in [5.41, 5.74) is 9.52. The third-order valence-corrected chi connectivity index (χ3v) is 6.42. The Kier molecular flexibility index (Phi) is 6.70. The molecule has 33 heavy (non-hydrogen) atoms. The molecule has 0 spiro atoms. The lowest BCUT2D eigenvalue weighted by molar-refractivity contribution is 0.413. The molecule has 172 valence electrons. The molecule has 0 saturated carbocycles. The SMILES string of the molecule is Cc1ccc(C2=C(c3ccc(CCN(C)C)cc3)c3ccc(OS(N)(=O)=O)cc3CC2)cc1. The van der Waals surface area contributed by atoms with Gasteiger partial charge in [0.15, 0.2) is 0 Å². The third kappa shape index (κ3) is 5.71. The first-order valence-electron chi connectivity index (χ1n) is 11.1. The normalized spacial score (nSPS) is 13.8. The molecule has 6 heteroatoms. The van der Waals surface area contributed by atoms with Crippen molar-refractivity contribution in [2.75, 3.05) is 20.6 Å². The zero-order chi connectivity index (χ0) is 23.6. The summed E-state index contributed by atoms with van der Waals surface area (Å²) in [6.45, 7) is 3.10. The van der Waals surface area contributed by atoms with Gasteiger partial charge in [-0.3, -0.25) is 0 Å². The number of hydrogen-bond donors (Lipinski definition) is 1. The zero-order valence-corrected chi connectivity index (χ0v) is 20.2. The van der Waals surface area contributed by atoms with E-state index in [9.17, 15) is 8.42 Å². The molecule has 0 fully saturated rings. The number of nitrogens with zero attached hydrogens (tertiary/aromatic N) is 1. The standard InChI is InChI=1S/C27H30N2O3S/c1-19-4-8-21(9-5-19)25-14-12-23-18-24(32-33(28,30)31)13-15-26(23)27(25)22-10-6-20(7-11-22)16-17-29(2)3/h4-11,13,15,18H,12,14,16-17H2,1-3H3,(H2,28,30,31). The summed E-state index contributed by atoms with van der Waals surface area (Å²) in [6.07, 6.45) is 2.65. The molecule has 5 nitrogen and oxygen atoms in total. The van der Waals surface area contributed by atoms with Crippen LogP contribution in [0.25, 0.3) is 11.1 Å². The second-order valence-corrected chi connectivity index (χ2v) is 10.0. The van der Waals surface area contributed by atoms with E-state index in [4.69, 9.17) is 9.32 Å². The molecule has 0 aromatic heterocycles. The lowest BCUT2D eigenvalue weighted by Crippen LogP contribution is -2.19. The fourth-order valence-electron chi connectivity index (χ4n) is 4.32. The molecular weight excluding hydrogens is 432 g/mol. The van der Waals surface area contributed by atoms with Crippen molar-refractivity contribution in [3.05, 3.63) is 100 Å². The van der Waals surface area contributed by atoms with Crippen molar-refractivity contribution >= 4 is 21.5 Å². The highest BCUT2D eigenvalue weighted by Gasteiger charge is 2.22. The van der Waals surface area contributed by atoms with E-state index >= 15 is 0 Å². The average Bonchev–Trinajstić information content (AvgIpc) is 2.77. The molecule has 0 heterocycles. The van der Waals surface area contributed by atoms with Gasteiger partial charge in [0, 0.05) is 6.54 Å². The minimum Gasteiger partial charge on any atom is -0.371 e. The first kappa shape index (κ1) is 23.2. The Hall–Kier alpha value is -2.93. The Balaban J connectivity index is 1.80. The van der Waals surface area contributed by atoms with E-state index in [1.807, 2.05) is 6.07 Å². The van der Waals surface area contributed by atoms with Gasteiger partial charge < -0.3 is 9.08 Å². The highest BCUT2D eigenvalue weighted by molar-refractivity contribution is 7.84. The Labute approximate surface area is 196 Å². The monoisotopic (exact) mass is 462 g/mol. The van der Waals surface area contributed by atoms with Gasteiger partial charge >= 0.3 is 10.3 Å². The second-order valence-electron chi connectivity index (χ2n) is 8.86. The molecule has 0 radical (unpaired) electrons. The van der Waals surface area contributed by atoms with Gasteiger partial charge in [0.1, 0.15) is 5.75 Å². The predicted molar refractivity (Wildman–Crippen MR) is 134 cm³/mol. The van der Waals surface area contributed by atoms with E-state index in [0.717, 1.165) is 42.5 Å². The van der Waals surface area contributed by atoms with Gasteiger partial charge in [-0.15, -0.1) is 0 Å². The van der Waals surface area contributed by atoms with E-state index in [2.05, 4.69) is 74.4 Å². The Morgan fingerprint density at radius 3 is 2.21 bits per heavy atom. The Morgan fingerprint density at radius 2 is 1.58 bits per heavy atom. The minimum atomic E-state index is -4.06. The molecule has 1 aliphatic rings. The largest absolute Gasteiger partial charge is 0.380 e. The van der Waals surface area contributed by atoms with Crippen molar-refractivity contribution in [3.63, 3.8) is 0 Å². The molecular formula is C27H30N2O3S. The molecule has 0 saturated heterocycles. The van der Waals surface area contributed by atoms with Crippen molar-refractivity contribution in [1.29, 1.82) is 0 Å². The van der Waals surface area contributed by atoms with Crippen LogP contribution in [0.3, 0.4) is 0 Å². The molecule has 1 aliphatic carbocycles. The molecule has 2 N–H and O–H groups in total. The van der Waals surface area contributed by atoms with E-state index in [1.165, 1.54) is 27.8 Å². The van der Waals surface area contributed by atoms with Gasteiger partial charge in [0.25, 0.3) is 0 Å². The second kappa shape index (κ2) is 9.51. The van der Waals surface area contributed by atoms with Gasteiger partial charge in [-0.1, -0.05) is 60.2 Å². The highest BCUT2D eigenvalue weighted by Crippen LogP contribution is 2.42. The van der Waals surface area contributed by atoms with Crippen LogP contribution in [-0.2, 0) is 23.1 Å². The Morgan fingerprint density at radius 1 is 0.909 bits per heavy atom. The molecule has 0 bridgehead atoms. The van der Waals surface area contributed by atoms with Crippen molar-refractivity contribution in [3.8, 4) is 5.75 Å². The summed E-state index contributed by atoms with van der Waals surface area (Å²) in [5, 5.41) is 5.07. The highest BCUT2D eigenvalue weighted by atomic mass is 32.2. The summed E-state index contributed by atoms with van der Waals surface area (Å²) in [5.74, 6) is 0.244. The number of benzene rings is 3. The first-order chi connectivity index (χ1) is 15.7. The number of likely N-dealkylation sites (N-methyl/N-ethyl adjacent to an activating group) is 1. The van der Waals surface area contributed by atoms with Gasteiger partial charge in [0.05, 0.1) is 0 Å². The molecule has 0 amide bonds. The van der Waals surface area contributed by atoms with E-state index in [-0.39, 0.29) is 5.75 Å². The maximum absolute atomic E-state index is 11.4. The van der Waals surface area contributed by atoms with Crippen LogP contribution in [0.1, 0.15) is 39.8 Å². The number of fused-ring (bicyclic) bond motifs is 1. The number of hydrogen-bond acceptors (Lipinski definition) is 4. The van der Waals surface area contributed by atoms with E-state index < -0.39 is 10.3 Å². The van der Waals surface area contributed by atoms with Crippen molar-refractivity contribution < 1.29 is 12.6 Å². The molecule has 4 rings (SSSR count). The number of aryl methyl sites for hydroxylation is 2. The van der Waals surface area contributed by atoms with Crippen LogP contribution in [0.15, 0.2) is 66.7 Å². The number of rotatable bonds is 7. The quantitative estimate of drug-likeness (QED) is 0.558. The summed E-state index contributed by atoms with van der Waals surface area (Å²) < 4.78 is 27.7. The summed E-state index contributed by atoms with van der Waals surface area (Å²) >= 11 is 0. The third-order valence-electron chi connectivity index (χ3n) is 5.99.